The fourth-order valence-corrected chi connectivity index (χ4v) is 3.01. The Morgan fingerprint density at radius 1 is 0.762 bits per heavy atom. The number of benzene rings is 2. The third-order valence-corrected chi connectivity index (χ3v) is 4.31. The maximum absolute atomic E-state index is 3.63. The van der Waals surface area contributed by atoms with E-state index in [2.05, 4.69) is 82.9 Å². The van der Waals surface area contributed by atoms with Crippen molar-refractivity contribution >= 4 is 21.8 Å². The zero-order valence-corrected chi connectivity index (χ0v) is 14.0. The van der Waals surface area contributed by atoms with Crippen molar-refractivity contribution in [1.29, 1.82) is 0 Å². The van der Waals surface area contributed by atoms with Gasteiger partial charge in [0.2, 0.25) is 0 Å². The first-order chi connectivity index (χ1) is 9.68. The van der Waals surface area contributed by atoms with E-state index in [0.717, 1.165) is 0 Å². The van der Waals surface area contributed by atoms with E-state index in [1.54, 1.807) is 0 Å². The molecule has 1 N–H and O–H groups in total. The SMILES string of the molecule is CC(C)(C)c1ccc2[nH]c3c(C(C)(C)C)cccc3c2c1. The van der Waals surface area contributed by atoms with Crippen LogP contribution in [0.1, 0.15) is 52.7 Å². The van der Waals surface area contributed by atoms with Gasteiger partial charge in [0.15, 0.2) is 0 Å². The number of hydrogen-bond donors (Lipinski definition) is 1. The summed E-state index contributed by atoms with van der Waals surface area (Å²) < 4.78 is 0. The van der Waals surface area contributed by atoms with E-state index in [1.165, 1.54) is 32.9 Å². The summed E-state index contributed by atoms with van der Waals surface area (Å²) in [5.74, 6) is 0. The summed E-state index contributed by atoms with van der Waals surface area (Å²) in [6, 6.07) is 13.5. The van der Waals surface area contributed by atoms with Gasteiger partial charge in [0.25, 0.3) is 0 Å². The van der Waals surface area contributed by atoms with Crippen LogP contribution < -0.4 is 0 Å². The van der Waals surface area contributed by atoms with Gasteiger partial charge in [-0.05, 0) is 34.1 Å². The molecule has 1 heteroatoms. The van der Waals surface area contributed by atoms with Crippen molar-refractivity contribution in [1.82, 2.24) is 4.98 Å². The van der Waals surface area contributed by atoms with Gasteiger partial charge in [-0.1, -0.05) is 65.8 Å². The van der Waals surface area contributed by atoms with Crippen LogP contribution in [0.4, 0.5) is 0 Å². The van der Waals surface area contributed by atoms with Gasteiger partial charge in [-0.15, -0.1) is 0 Å². The van der Waals surface area contributed by atoms with E-state index < -0.39 is 0 Å². The lowest BCUT2D eigenvalue weighted by Gasteiger charge is -2.20. The minimum Gasteiger partial charge on any atom is -0.354 e. The van der Waals surface area contributed by atoms with Gasteiger partial charge in [-0.2, -0.15) is 0 Å². The van der Waals surface area contributed by atoms with Crippen molar-refractivity contribution in [2.45, 2.75) is 52.4 Å². The summed E-state index contributed by atoms with van der Waals surface area (Å²) in [6.07, 6.45) is 0. The molecule has 0 aliphatic heterocycles. The van der Waals surface area contributed by atoms with E-state index >= 15 is 0 Å². The molecule has 1 heterocycles. The van der Waals surface area contributed by atoms with Crippen LogP contribution in [0, 0.1) is 0 Å². The van der Waals surface area contributed by atoms with Crippen LogP contribution in [-0.2, 0) is 10.8 Å². The van der Waals surface area contributed by atoms with E-state index in [1.807, 2.05) is 0 Å². The molecule has 0 saturated heterocycles. The molecule has 0 amide bonds. The summed E-state index contributed by atoms with van der Waals surface area (Å²) in [6.45, 7) is 13.6. The zero-order chi connectivity index (χ0) is 15.4. The van der Waals surface area contributed by atoms with E-state index in [9.17, 15) is 0 Å². The number of aromatic nitrogens is 1. The van der Waals surface area contributed by atoms with Crippen LogP contribution in [0.25, 0.3) is 21.8 Å². The lowest BCUT2D eigenvalue weighted by Crippen LogP contribution is -2.11. The molecule has 110 valence electrons. The number of rotatable bonds is 0. The topological polar surface area (TPSA) is 15.8 Å². The van der Waals surface area contributed by atoms with Gasteiger partial charge in [-0.3, -0.25) is 0 Å². The van der Waals surface area contributed by atoms with Crippen LogP contribution in [0.2, 0.25) is 0 Å². The molecule has 0 fully saturated rings. The molecule has 0 aliphatic carbocycles. The van der Waals surface area contributed by atoms with Gasteiger partial charge in [-0.25, -0.2) is 0 Å². The summed E-state index contributed by atoms with van der Waals surface area (Å²) in [5, 5.41) is 2.67. The molecule has 3 rings (SSSR count). The standard InChI is InChI=1S/C20H25N/c1-19(2,3)13-10-11-17-15(12-13)14-8-7-9-16(18(14)21-17)20(4,5)6/h7-12,21H,1-6H3. The Labute approximate surface area is 127 Å². The maximum atomic E-state index is 3.63. The molecule has 0 aliphatic rings. The fraction of sp³-hybridized carbons (Fsp3) is 0.400. The van der Waals surface area contributed by atoms with Crippen molar-refractivity contribution in [2.24, 2.45) is 0 Å². The van der Waals surface area contributed by atoms with Gasteiger partial charge in [0, 0.05) is 16.3 Å². The highest BCUT2D eigenvalue weighted by Crippen LogP contribution is 2.35. The molecule has 1 aromatic heterocycles. The summed E-state index contributed by atoms with van der Waals surface area (Å²) in [7, 11) is 0. The van der Waals surface area contributed by atoms with Crippen molar-refractivity contribution in [2.75, 3.05) is 0 Å². The van der Waals surface area contributed by atoms with Gasteiger partial charge >= 0.3 is 0 Å². The number of aromatic amines is 1. The average molecular weight is 279 g/mol. The molecule has 0 atom stereocenters. The van der Waals surface area contributed by atoms with Gasteiger partial charge in [0.1, 0.15) is 0 Å². The first-order valence-electron chi connectivity index (χ1n) is 7.73. The van der Waals surface area contributed by atoms with Crippen LogP contribution in [-0.4, -0.2) is 4.98 Å². The normalized spacial score (nSPS) is 13.2. The smallest absolute Gasteiger partial charge is 0.0502 e. The first kappa shape index (κ1) is 14.2. The molecule has 3 aromatic rings. The summed E-state index contributed by atoms with van der Waals surface area (Å²) in [4.78, 5) is 3.63. The molecule has 1 nitrogen and oxygen atoms in total. The Hall–Kier alpha value is -1.76. The van der Waals surface area contributed by atoms with Crippen molar-refractivity contribution in [3.63, 3.8) is 0 Å². The predicted molar refractivity (Wildman–Crippen MR) is 93.2 cm³/mol. The third kappa shape index (κ3) is 2.35. The Balaban J connectivity index is 2.37. The Kier molecular flexibility index (Phi) is 2.95. The highest BCUT2D eigenvalue weighted by molar-refractivity contribution is 6.08. The maximum Gasteiger partial charge on any atom is 0.0502 e. The quantitative estimate of drug-likeness (QED) is 0.526. The minimum absolute atomic E-state index is 0.146. The monoisotopic (exact) mass is 279 g/mol. The second-order valence-electron chi connectivity index (χ2n) is 8.11. The average Bonchev–Trinajstić information content (AvgIpc) is 2.73. The lowest BCUT2D eigenvalue weighted by atomic mass is 9.85. The molecular weight excluding hydrogens is 254 g/mol. The zero-order valence-electron chi connectivity index (χ0n) is 14.0. The summed E-state index contributed by atoms with van der Waals surface area (Å²) >= 11 is 0. The molecule has 2 aromatic carbocycles. The lowest BCUT2D eigenvalue weighted by molar-refractivity contribution is 0.591. The number of para-hydroxylation sites is 1. The molecule has 0 unspecified atom stereocenters. The number of fused-ring (bicyclic) bond motifs is 3. The van der Waals surface area contributed by atoms with E-state index in [0.29, 0.717) is 0 Å². The summed E-state index contributed by atoms with van der Waals surface area (Å²) in [5.41, 5.74) is 5.61. The molecule has 21 heavy (non-hydrogen) atoms. The fourth-order valence-electron chi connectivity index (χ4n) is 3.01. The molecule has 0 spiro atoms. The largest absolute Gasteiger partial charge is 0.354 e. The number of hydrogen-bond acceptors (Lipinski definition) is 0. The predicted octanol–water partition coefficient (Wildman–Crippen LogP) is 5.92. The van der Waals surface area contributed by atoms with Gasteiger partial charge in [0.05, 0.1) is 5.52 Å². The number of nitrogens with one attached hydrogen (secondary N) is 1. The third-order valence-electron chi connectivity index (χ3n) is 4.31. The molecule has 0 saturated carbocycles. The van der Waals surface area contributed by atoms with Crippen LogP contribution in [0.15, 0.2) is 36.4 Å². The Bertz CT molecular complexity index is 807. The second-order valence-corrected chi connectivity index (χ2v) is 8.11. The molecule has 0 radical (unpaired) electrons. The molecular formula is C20H25N. The molecule has 0 bridgehead atoms. The minimum atomic E-state index is 0.146. The highest BCUT2D eigenvalue weighted by atomic mass is 14.7. The van der Waals surface area contributed by atoms with Crippen molar-refractivity contribution < 1.29 is 0 Å². The van der Waals surface area contributed by atoms with Crippen LogP contribution in [0.5, 0.6) is 0 Å². The Morgan fingerprint density at radius 3 is 2.10 bits per heavy atom. The van der Waals surface area contributed by atoms with Crippen LogP contribution in [0.3, 0.4) is 0 Å². The van der Waals surface area contributed by atoms with E-state index in [-0.39, 0.29) is 10.8 Å². The van der Waals surface area contributed by atoms with Crippen LogP contribution >= 0.6 is 0 Å². The van der Waals surface area contributed by atoms with Crippen molar-refractivity contribution in [3.8, 4) is 0 Å². The first-order valence-corrected chi connectivity index (χ1v) is 7.73. The van der Waals surface area contributed by atoms with Crippen molar-refractivity contribution in [3.05, 3.63) is 47.5 Å². The number of H-pyrrole nitrogens is 1. The Morgan fingerprint density at radius 2 is 1.48 bits per heavy atom. The second kappa shape index (κ2) is 4.37. The highest BCUT2D eigenvalue weighted by Gasteiger charge is 2.20. The van der Waals surface area contributed by atoms with Gasteiger partial charge < -0.3 is 4.98 Å². The van der Waals surface area contributed by atoms with E-state index in [4.69, 9.17) is 0 Å².